The van der Waals surface area contributed by atoms with Crippen LogP contribution in [0.5, 0.6) is 0 Å². The Morgan fingerprint density at radius 2 is 1.32 bits per heavy atom. The van der Waals surface area contributed by atoms with Gasteiger partial charge in [-0.05, 0) is 63.4 Å². The fourth-order valence-electron chi connectivity index (χ4n) is 4.97. The maximum Gasteiger partial charge on any atom is 0.241 e. The molecule has 0 saturated carbocycles. The van der Waals surface area contributed by atoms with Crippen LogP contribution < -0.4 is 4.72 Å². The van der Waals surface area contributed by atoms with Gasteiger partial charge in [0.15, 0.2) is 6.29 Å². The van der Waals surface area contributed by atoms with Crippen LogP contribution in [-0.4, -0.2) is 52.3 Å². The molecule has 1 aliphatic rings. The lowest BCUT2D eigenvalue weighted by Gasteiger charge is -2.38. The number of nitrogens with one attached hydrogen (secondary N) is 1. The Balaban J connectivity index is 1.69. The first-order valence-electron chi connectivity index (χ1n) is 13.5. The molecular formula is C32H41NO6S. The molecule has 0 spiro atoms. The van der Waals surface area contributed by atoms with Crippen LogP contribution in [0, 0.1) is 6.92 Å². The second-order valence-corrected chi connectivity index (χ2v) is 13.1. The van der Waals surface area contributed by atoms with Gasteiger partial charge in [0.2, 0.25) is 10.0 Å². The van der Waals surface area contributed by atoms with E-state index >= 15 is 0 Å². The van der Waals surface area contributed by atoms with Gasteiger partial charge in [-0.2, -0.15) is 4.72 Å². The Hall–Kier alpha value is -2.59. The lowest BCUT2D eigenvalue weighted by molar-refractivity contribution is -0.132. The highest BCUT2D eigenvalue weighted by Crippen LogP contribution is 2.38. The summed E-state index contributed by atoms with van der Waals surface area (Å²) in [5.41, 5.74) is 2.32. The molecule has 0 aliphatic carbocycles. The van der Waals surface area contributed by atoms with Gasteiger partial charge in [-0.3, -0.25) is 0 Å². The van der Waals surface area contributed by atoms with Gasteiger partial charge < -0.3 is 18.9 Å². The van der Waals surface area contributed by atoms with Crippen molar-refractivity contribution in [3.8, 4) is 0 Å². The molecule has 0 aromatic heterocycles. The SMILES string of the molecule is COC(C)(C)[C@@H]1OC(Cc2ccccc2[C@H](NS(=O)(=O)c2ccc(C)cc2)c2ccccc2)O[C@H]1C(C)(C)OC. The minimum absolute atomic E-state index is 0.216. The monoisotopic (exact) mass is 567 g/mol. The molecule has 7 nitrogen and oxygen atoms in total. The number of hydrogen-bond donors (Lipinski definition) is 1. The van der Waals surface area contributed by atoms with Crippen molar-refractivity contribution in [1.29, 1.82) is 0 Å². The van der Waals surface area contributed by atoms with E-state index in [1.54, 1.807) is 38.5 Å². The molecule has 1 saturated heterocycles. The van der Waals surface area contributed by atoms with Crippen LogP contribution in [0.1, 0.15) is 56.0 Å². The van der Waals surface area contributed by atoms with Crippen molar-refractivity contribution in [2.45, 2.75) is 81.7 Å². The summed E-state index contributed by atoms with van der Waals surface area (Å²) in [6, 6.07) is 23.6. The average molecular weight is 568 g/mol. The maximum atomic E-state index is 13.5. The number of benzene rings is 3. The van der Waals surface area contributed by atoms with Gasteiger partial charge in [0.05, 0.1) is 22.1 Å². The summed E-state index contributed by atoms with van der Waals surface area (Å²) < 4.78 is 54.6. The fraction of sp³-hybridized carbons (Fsp3) is 0.438. The van der Waals surface area contributed by atoms with E-state index in [0.29, 0.717) is 6.42 Å². The van der Waals surface area contributed by atoms with Crippen molar-refractivity contribution in [2.24, 2.45) is 0 Å². The number of hydrogen-bond acceptors (Lipinski definition) is 6. The van der Waals surface area contributed by atoms with E-state index in [-0.39, 0.29) is 17.1 Å². The third kappa shape index (κ3) is 6.65. The van der Waals surface area contributed by atoms with Crippen molar-refractivity contribution < 1.29 is 27.4 Å². The van der Waals surface area contributed by atoms with Gasteiger partial charge in [-0.25, -0.2) is 8.42 Å². The first kappa shape index (κ1) is 30.4. The summed E-state index contributed by atoms with van der Waals surface area (Å²) in [4.78, 5) is 0.216. The zero-order valence-electron chi connectivity index (χ0n) is 24.4. The van der Waals surface area contributed by atoms with Crippen LogP contribution in [-0.2, 0) is 35.4 Å². The summed E-state index contributed by atoms with van der Waals surface area (Å²) in [5, 5.41) is 0. The summed E-state index contributed by atoms with van der Waals surface area (Å²) in [5.74, 6) is 0. The smallest absolute Gasteiger partial charge is 0.241 e. The van der Waals surface area contributed by atoms with Gasteiger partial charge in [0.1, 0.15) is 12.2 Å². The predicted molar refractivity (Wildman–Crippen MR) is 156 cm³/mol. The molecule has 1 heterocycles. The zero-order valence-corrected chi connectivity index (χ0v) is 25.2. The molecule has 3 aromatic carbocycles. The summed E-state index contributed by atoms with van der Waals surface area (Å²) in [6.45, 7) is 9.82. The molecule has 1 N–H and O–H groups in total. The lowest BCUT2D eigenvalue weighted by Crippen LogP contribution is -2.53. The average Bonchev–Trinajstić information content (AvgIpc) is 3.39. The van der Waals surface area contributed by atoms with Crippen LogP contribution in [0.25, 0.3) is 0 Å². The van der Waals surface area contributed by atoms with Crippen LogP contribution in [0.15, 0.2) is 83.8 Å². The summed E-state index contributed by atoms with van der Waals surface area (Å²) in [7, 11) is -0.505. The van der Waals surface area contributed by atoms with Crippen molar-refractivity contribution >= 4 is 10.0 Å². The molecule has 8 heteroatoms. The van der Waals surface area contributed by atoms with Crippen LogP contribution in [0.2, 0.25) is 0 Å². The molecule has 0 unspecified atom stereocenters. The van der Waals surface area contributed by atoms with E-state index in [0.717, 1.165) is 22.3 Å². The van der Waals surface area contributed by atoms with Gasteiger partial charge in [-0.15, -0.1) is 0 Å². The first-order valence-corrected chi connectivity index (χ1v) is 15.0. The third-order valence-electron chi connectivity index (χ3n) is 7.78. The van der Waals surface area contributed by atoms with E-state index < -0.39 is 33.6 Å². The molecule has 40 heavy (non-hydrogen) atoms. The number of ether oxygens (including phenoxy) is 4. The maximum absolute atomic E-state index is 13.5. The number of aryl methyl sites for hydroxylation is 1. The highest BCUT2D eigenvalue weighted by Gasteiger charge is 2.52. The van der Waals surface area contributed by atoms with E-state index in [4.69, 9.17) is 18.9 Å². The van der Waals surface area contributed by atoms with E-state index in [1.807, 2.05) is 89.2 Å². The second kappa shape index (κ2) is 12.1. The van der Waals surface area contributed by atoms with Crippen molar-refractivity contribution in [2.75, 3.05) is 14.2 Å². The second-order valence-electron chi connectivity index (χ2n) is 11.3. The topological polar surface area (TPSA) is 83.1 Å². The minimum atomic E-state index is -3.83. The number of methoxy groups -OCH3 is 2. The van der Waals surface area contributed by atoms with E-state index in [9.17, 15) is 8.42 Å². The van der Waals surface area contributed by atoms with Crippen LogP contribution in [0.3, 0.4) is 0 Å². The third-order valence-corrected chi connectivity index (χ3v) is 9.22. The largest absolute Gasteiger partial charge is 0.376 e. The number of rotatable bonds is 11. The normalized spacial score (nSPS) is 19.6. The Labute approximate surface area is 238 Å². The zero-order chi connectivity index (χ0) is 29.1. The van der Waals surface area contributed by atoms with Crippen LogP contribution in [0.4, 0.5) is 0 Å². The molecule has 1 aliphatic heterocycles. The van der Waals surface area contributed by atoms with Gasteiger partial charge >= 0.3 is 0 Å². The molecule has 3 atom stereocenters. The summed E-state index contributed by atoms with van der Waals surface area (Å²) >= 11 is 0. The van der Waals surface area contributed by atoms with Gasteiger partial charge in [0, 0.05) is 20.6 Å². The Kier molecular flexibility index (Phi) is 9.19. The standard InChI is InChI=1S/C32H41NO6S/c1-22-17-19-25(20-18-22)40(34,35)33-28(23-13-9-8-10-14-23)26-16-12-11-15-24(26)21-27-38-29(31(2,3)36-6)30(39-27)32(4,5)37-7/h8-20,27-30,33H,21H2,1-7H3/t28-,29-,30-/m1/s1. The highest BCUT2D eigenvalue weighted by atomic mass is 32.2. The first-order chi connectivity index (χ1) is 18.9. The van der Waals surface area contributed by atoms with Crippen molar-refractivity contribution in [1.82, 2.24) is 4.72 Å². The Morgan fingerprint density at radius 3 is 1.88 bits per heavy atom. The fourth-order valence-corrected chi connectivity index (χ4v) is 6.17. The quantitative estimate of drug-likeness (QED) is 0.326. The minimum Gasteiger partial charge on any atom is -0.376 e. The van der Waals surface area contributed by atoms with Gasteiger partial charge in [-0.1, -0.05) is 72.3 Å². The number of sulfonamides is 1. The van der Waals surface area contributed by atoms with E-state index in [1.165, 1.54) is 0 Å². The van der Waals surface area contributed by atoms with Crippen molar-refractivity contribution in [3.05, 3.63) is 101 Å². The molecule has 0 radical (unpaired) electrons. The Morgan fingerprint density at radius 1 is 0.800 bits per heavy atom. The highest BCUT2D eigenvalue weighted by molar-refractivity contribution is 7.89. The predicted octanol–water partition coefficient (Wildman–Crippen LogP) is 5.57. The molecule has 3 aromatic rings. The van der Waals surface area contributed by atoms with Gasteiger partial charge in [0.25, 0.3) is 0 Å². The molecule has 0 bridgehead atoms. The van der Waals surface area contributed by atoms with Crippen LogP contribution >= 0.6 is 0 Å². The Bertz CT molecular complexity index is 1350. The summed E-state index contributed by atoms with van der Waals surface area (Å²) in [6.07, 6.45) is -0.924. The molecule has 1 fully saturated rings. The lowest BCUT2D eigenvalue weighted by atomic mass is 9.87. The molecule has 4 rings (SSSR count). The molecular weight excluding hydrogens is 526 g/mol. The van der Waals surface area contributed by atoms with Crippen molar-refractivity contribution in [3.63, 3.8) is 0 Å². The van der Waals surface area contributed by atoms with E-state index in [2.05, 4.69) is 4.72 Å². The molecule has 0 amide bonds. The molecule has 216 valence electrons.